The molecule has 138 valence electrons. The van der Waals surface area contributed by atoms with E-state index in [9.17, 15) is 0 Å². The summed E-state index contributed by atoms with van der Waals surface area (Å²) in [7, 11) is 3.33. The molecule has 0 bridgehead atoms. The highest BCUT2D eigenvalue weighted by atomic mass is 16.5. The van der Waals surface area contributed by atoms with Gasteiger partial charge >= 0.3 is 0 Å². The summed E-state index contributed by atoms with van der Waals surface area (Å²) in [5.41, 5.74) is 0. The van der Waals surface area contributed by atoms with Crippen molar-refractivity contribution in [2.75, 3.05) is 77.6 Å². The molecule has 1 aromatic heterocycles. The van der Waals surface area contributed by atoms with Gasteiger partial charge < -0.3 is 29.6 Å². The Kier molecular flexibility index (Phi) is 12.9. The first-order valence-electron chi connectivity index (χ1n) is 8.31. The SMILES string of the molecule is COCCOCCCNc1ccnc(NCCCOCCOC)n1. The maximum Gasteiger partial charge on any atom is 0.224 e. The van der Waals surface area contributed by atoms with Crippen molar-refractivity contribution in [1.82, 2.24) is 9.97 Å². The topological polar surface area (TPSA) is 86.8 Å². The molecule has 24 heavy (non-hydrogen) atoms. The lowest BCUT2D eigenvalue weighted by molar-refractivity contribution is 0.0705. The summed E-state index contributed by atoms with van der Waals surface area (Å²) in [6.07, 6.45) is 3.54. The molecular formula is C16H30N4O4. The minimum atomic E-state index is 0.619. The van der Waals surface area contributed by atoms with E-state index in [0.717, 1.165) is 31.7 Å². The molecule has 0 spiro atoms. The zero-order valence-electron chi connectivity index (χ0n) is 14.8. The number of hydrogen-bond acceptors (Lipinski definition) is 8. The lowest BCUT2D eigenvalue weighted by Gasteiger charge is -2.09. The fraction of sp³-hybridized carbons (Fsp3) is 0.750. The van der Waals surface area contributed by atoms with Crippen LogP contribution in [0.25, 0.3) is 0 Å². The van der Waals surface area contributed by atoms with E-state index >= 15 is 0 Å². The molecule has 0 atom stereocenters. The third kappa shape index (κ3) is 11.1. The molecule has 8 heteroatoms. The first-order chi connectivity index (χ1) is 11.9. The average molecular weight is 342 g/mol. The molecule has 8 nitrogen and oxygen atoms in total. The third-order valence-electron chi connectivity index (χ3n) is 3.04. The van der Waals surface area contributed by atoms with Crippen molar-refractivity contribution in [3.63, 3.8) is 0 Å². The van der Waals surface area contributed by atoms with Crippen LogP contribution in [0.3, 0.4) is 0 Å². The van der Waals surface area contributed by atoms with Crippen LogP contribution in [0.1, 0.15) is 12.8 Å². The molecule has 1 heterocycles. The highest BCUT2D eigenvalue weighted by molar-refractivity contribution is 5.39. The number of aromatic nitrogens is 2. The second-order valence-corrected chi connectivity index (χ2v) is 5.04. The Morgan fingerprint density at radius 2 is 1.46 bits per heavy atom. The summed E-state index contributed by atoms with van der Waals surface area (Å²) in [5.74, 6) is 1.42. The molecule has 0 aliphatic carbocycles. The van der Waals surface area contributed by atoms with Crippen LogP contribution in [0.5, 0.6) is 0 Å². The van der Waals surface area contributed by atoms with Crippen LogP contribution in [0.4, 0.5) is 11.8 Å². The van der Waals surface area contributed by atoms with Gasteiger partial charge in [-0.2, -0.15) is 4.98 Å². The standard InChI is InChI=1S/C16H30N4O4/c1-21-11-13-23-9-3-6-17-15-5-8-19-16(20-15)18-7-4-10-24-14-12-22-2/h5,8H,3-4,6-7,9-14H2,1-2H3,(H2,17,18,19,20). The summed E-state index contributed by atoms with van der Waals surface area (Å²) in [6.45, 7) is 5.48. The lowest BCUT2D eigenvalue weighted by Crippen LogP contribution is -2.12. The summed E-state index contributed by atoms with van der Waals surface area (Å²) in [4.78, 5) is 8.62. The fourth-order valence-electron chi connectivity index (χ4n) is 1.80. The smallest absolute Gasteiger partial charge is 0.224 e. The number of hydrogen-bond donors (Lipinski definition) is 2. The first kappa shape index (κ1) is 20.6. The Labute approximate surface area is 144 Å². The highest BCUT2D eigenvalue weighted by Crippen LogP contribution is 2.05. The van der Waals surface area contributed by atoms with Gasteiger partial charge in [0.15, 0.2) is 0 Å². The van der Waals surface area contributed by atoms with E-state index in [0.29, 0.717) is 45.6 Å². The van der Waals surface area contributed by atoms with Gasteiger partial charge in [-0.15, -0.1) is 0 Å². The highest BCUT2D eigenvalue weighted by Gasteiger charge is 1.99. The molecule has 2 N–H and O–H groups in total. The van der Waals surface area contributed by atoms with Gasteiger partial charge in [0.2, 0.25) is 5.95 Å². The van der Waals surface area contributed by atoms with Crippen molar-refractivity contribution in [3.05, 3.63) is 12.3 Å². The van der Waals surface area contributed by atoms with Crippen LogP contribution in [0, 0.1) is 0 Å². The number of nitrogens with one attached hydrogen (secondary N) is 2. The molecule has 0 aliphatic heterocycles. The van der Waals surface area contributed by atoms with Crippen molar-refractivity contribution >= 4 is 11.8 Å². The van der Waals surface area contributed by atoms with Crippen molar-refractivity contribution in [1.29, 1.82) is 0 Å². The Morgan fingerprint density at radius 3 is 2.08 bits per heavy atom. The third-order valence-corrected chi connectivity index (χ3v) is 3.04. The molecule has 0 amide bonds. The predicted octanol–water partition coefficient (Wildman–Crippen LogP) is 1.41. The van der Waals surface area contributed by atoms with Crippen LogP contribution in [0.15, 0.2) is 12.3 Å². The number of methoxy groups -OCH3 is 2. The molecule has 0 aromatic carbocycles. The van der Waals surface area contributed by atoms with Gasteiger partial charge in [-0.1, -0.05) is 0 Å². The Balaban J connectivity index is 2.08. The van der Waals surface area contributed by atoms with E-state index in [-0.39, 0.29) is 0 Å². The lowest BCUT2D eigenvalue weighted by atomic mass is 10.4. The van der Waals surface area contributed by atoms with Crippen molar-refractivity contribution < 1.29 is 18.9 Å². The molecule has 1 rings (SSSR count). The van der Waals surface area contributed by atoms with Crippen LogP contribution < -0.4 is 10.6 Å². The van der Waals surface area contributed by atoms with Crippen LogP contribution in [0.2, 0.25) is 0 Å². The number of ether oxygens (including phenoxy) is 4. The van der Waals surface area contributed by atoms with E-state index in [4.69, 9.17) is 18.9 Å². The van der Waals surface area contributed by atoms with Crippen LogP contribution in [-0.2, 0) is 18.9 Å². The fourth-order valence-corrected chi connectivity index (χ4v) is 1.80. The van der Waals surface area contributed by atoms with E-state index in [1.807, 2.05) is 6.07 Å². The van der Waals surface area contributed by atoms with Crippen molar-refractivity contribution in [3.8, 4) is 0 Å². The van der Waals surface area contributed by atoms with E-state index < -0.39 is 0 Å². The normalized spacial score (nSPS) is 10.8. The first-order valence-corrected chi connectivity index (χ1v) is 8.31. The molecule has 0 saturated heterocycles. The average Bonchev–Trinajstić information content (AvgIpc) is 2.60. The zero-order valence-corrected chi connectivity index (χ0v) is 14.8. The van der Waals surface area contributed by atoms with Gasteiger partial charge in [0.1, 0.15) is 5.82 Å². The maximum absolute atomic E-state index is 5.41. The molecule has 1 aromatic rings. The Bertz CT molecular complexity index is 376. The summed E-state index contributed by atoms with van der Waals surface area (Å²) in [6, 6.07) is 1.85. The zero-order chi connectivity index (χ0) is 17.3. The summed E-state index contributed by atoms with van der Waals surface area (Å²) >= 11 is 0. The minimum absolute atomic E-state index is 0.619. The van der Waals surface area contributed by atoms with Crippen LogP contribution in [-0.4, -0.2) is 76.9 Å². The van der Waals surface area contributed by atoms with E-state index in [2.05, 4.69) is 20.6 Å². The van der Waals surface area contributed by atoms with Crippen molar-refractivity contribution in [2.24, 2.45) is 0 Å². The van der Waals surface area contributed by atoms with Gasteiger partial charge in [-0.25, -0.2) is 4.98 Å². The molecule has 0 radical (unpaired) electrons. The number of anilines is 2. The Morgan fingerprint density at radius 1 is 0.833 bits per heavy atom. The van der Waals surface area contributed by atoms with Crippen LogP contribution >= 0.6 is 0 Å². The monoisotopic (exact) mass is 342 g/mol. The van der Waals surface area contributed by atoms with Gasteiger partial charge in [0, 0.05) is 46.7 Å². The van der Waals surface area contributed by atoms with Crippen molar-refractivity contribution in [2.45, 2.75) is 12.8 Å². The Hall–Kier alpha value is -1.48. The minimum Gasteiger partial charge on any atom is -0.382 e. The number of nitrogens with zero attached hydrogens (tertiary/aromatic N) is 2. The summed E-state index contributed by atoms with van der Waals surface area (Å²) in [5, 5.41) is 6.45. The number of rotatable bonds is 16. The van der Waals surface area contributed by atoms with E-state index in [1.54, 1.807) is 20.4 Å². The molecule has 0 saturated carbocycles. The predicted molar refractivity (Wildman–Crippen MR) is 93.6 cm³/mol. The second kappa shape index (κ2) is 15.1. The van der Waals surface area contributed by atoms with Gasteiger partial charge in [-0.3, -0.25) is 0 Å². The van der Waals surface area contributed by atoms with Gasteiger partial charge in [0.25, 0.3) is 0 Å². The summed E-state index contributed by atoms with van der Waals surface area (Å²) < 4.78 is 20.6. The van der Waals surface area contributed by atoms with Gasteiger partial charge in [-0.05, 0) is 18.9 Å². The second-order valence-electron chi connectivity index (χ2n) is 5.04. The quantitative estimate of drug-likeness (QED) is 0.436. The molecule has 0 aliphatic rings. The molecule has 0 fully saturated rings. The molecule has 0 unspecified atom stereocenters. The van der Waals surface area contributed by atoms with Gasteiger partial charge in [0.05, 0.1) is 26.4 Å². The maximum atomic E-state index is 5.41. The van der Waals surface area contributed by atoms with E-state index in [1.165, 1.54) is 0 Å². The molecular weight excluding hydrogens is 312 g/mol. The largest absolute Gasteiger partial charge is 0.382 e.